The molecule has 0 bridgehead atoms. The maximum atomic E-state index is 13.8. The summed E-state index contributed by atoms with van der Waals surface area (Å²) in [7, 11) is 1.57. The quantitative estimate of drug-likeness (QED) is 0.455. The van der Waals surface area contributed by atoms with E-state index in [1.165, 1.54) is 11.0 Å². The number of benzene rings is 1. The van der Waals surface area contributed by atoms with Gasteiger partial charge in [0.1, 0.15) is 5.82 Å². The topological polar surface area (TPSA) is 39.7 Å². The molecular weight excluding hydrogens is 392 g/mol. The van der Waals surface area contributed by atoms with Crippen LogP contribution in [-0.2, 0) is 6.54 Å². The Balaban J connectivity index is 1.83. The van der Waals surface area contributed by atoms with Crippen molar-refractivity contribution in [2.45, 2.75) is 25.2 Å². The van der Waals surface area contributed by atoms with E-state index in [0.29, 0.717) is 35.5 Å². The van der Waals surface area contributed by atoms with Gasteiger partial charge in [0.05, 0.1) is 6.54 Å². The van der Waals surface area contributed by atoms with Gasteiger partial charge in [0, 0.05) is 42.8 Å². The molecule has 9 heteroatoms. The van der Waals surface area contributed by atoms with Gasteiger partial charge in [-0.2, -0.15) is 13.2 Å². The second kappa shape index (κ2) is 8.15. The Morgan fingerprint density at radius 3 is 2.79 bits per heavy atom. The standard InChI is InChI=1S/C15H19BrF4N4/c1-21-14(22-7-10-2-3-11(16)6-13(10)17)23-12-4-5-24(8-12)9-15(18,19)20/h2-3,6,12H,4-5,7-9H2,1H3,(H2,21,22,23). The zero-order valence-electron chi connectivity index (χ0n) is 13.1. The highest BCUT2D eigenvalue weighted by Gasteiger charge is 2.34. The largest absolute Gasteiger partial charge is 0.401 e. The van der Waals surface area contributed by atoms with E-state index in [2.05, 4.69) is 31.6 Å². The molecule has 0 saturated carbocycles. The third kappa shape index (κ3) is 5.94. The fourth-order valence-corrected chi connectivity index (χ4v) is 2.91. The molecular formula is C15H19BrF4N4. The number of hydrogen-bond acceptors (Lipinski definition) is 2. The third-order valence-electron chi connectivity index (χ3n) is 3.70. The first-order chi connectivity index (χ1) is 11.3. The average Bonchev–Trinajstić information content (AvgIpc) is 2.89. The average molecular weight is 411 g/mol. The molecule has 24 heavy (non-hydrogen) atoms. The summed E-state index contributed by atoms with van der Waals surface area (Å²) >= 11 is 3.19. The van der Waals surface area contributed by atoms with Crippen molar-refractivity contribution in [3.63, 3.8) is 0 Å². The number of halogens is 5. The molecule has 1 fully saturated rings. The SMILES string of the molecule is CN=C(NCc1ccc(Br)cc1F)NC1CCN(CC(F)(F)F)C1. The van der Waals surface area contributed by atoms with Crippen molar-refractivity contribution < 1.29 is 17.6 Å². The number of hydrogen-bond donors (Lipinski definition) is 2. The Bertz CT molecular complexity index is 591. The molecule has 2 N–H and O–H groups in total. The lowest BCUT2D eigenvalue weighted by atomic mass is 10.2. The lowest BCUT2D eigenvalue weighted by molar-refractivity contribution is -0.143. The predicted octanol–water partition coefficient (Wildman–Crippen LogP) is 2.89. The van der Waals surface area contributed by atoms with E-state index in [1.54, 1.807) is 19.2 Å². The fourth-order valence-electron chi connectivity index (χ4n) is 2.58. The van der Waals surface area contributed by atoms with Crippen LogP contribution in [0.4, 0.5) is 17.6 Å². The summed E-state index contributed by atoms with van der Waals surface area (Å²) < 4.78 is 51.6. The van der Waals surface area contributed by atoms with Crippen LogP contribution in [-0.4, -0.2) is 49.8 Å². The van der Waals surface area contributed by atoms with Gasteiger partial charge in [-0.25, -0.2) is 4.39 Å². The molecule has 0 aromatic heterocycles. The number of nitrogens with one attached hydrogen (secondary N) is 2. The van der Waals surface area contributed by atoms with Crippen molar-refractivity contribution in [1.29, 1.82) is 0 Å². The van der Waals surface area contributed by atoms with Crippen molar-refractivity contribution in [1.82, 2.24) is 15.5 Å². The van der Waals surface area contributed by atoms with Crippen LogP contribution in [0.2, 0.25) is 0 Å². The summed E-state index contributed by atoms with van der Waals surface area (Å²) in [4.78, 5) is 5.40. The van der Waals surface area contributed by atoms with E-state index in [4.69, 9.17) is 0 Å². The van der Waals surface area contributed by atoms with Crippen LogP contribution in [0.1, 0.15) is 12.0 Å². The molecule has 0 aliphatic carbocycles. The van der Waals surface area contributed by atoms with E-state index in [1.807, 2.05) is 0 Å². The maximum absolute atomic E-state index is 13.8. The van der Waals surface area contributed by atoms with Gasteiger partial charge in [0.2, 0.25) is 0 Å². The molecule has 1 saturated heterocycles. The van der Waals surface area contributed by atoms with Crippen LogP contribution in [0, 0.1) is 5.82 Å². The summed E-state index contributed by atoms with van der Waals surface area (Å²) in [5, 5.41) is 6.06. The molecule has 1 aliphatic rings. The van der Waals surface area contributed by atoms with Crippen LogP contribution in [0.15, 0.2) is 27.7 Å². The summed E-state index contributed by atoms with van der Waals surface area (Å²) in [6, 6.07) is 4.65. The summed E-state index contributed by atoms with van der Waals surface area (Å²) in [6.07, 6.45) is -3.59. The van der Waals surface area contributed by atoms with Crippen LogP contribution in [0.3, 0.4) is 0 Å². The molecule has 2 rings (SSSR count). The molecule has 0 amide bonds. The van der Waals surface area contributed by atoms with E-state index >= 15 is 0 Å². The Morgan fingerprint density at radius 1 is 1.42 bits per heavy atom. The van der Waals surface area contributed by atoms with E-state index in [9.17, 15) is 17.6 Å². The first-order valence-electron chi connectivity index (χ1n) is 7.47. The van der Waals surface area contributed by atoms with E-state index in [-0.39, 0.29) is 18.4 Å². The van der Waals surface area contributed by atoms with Crippen molar-refractivity contribution in [2.75, 3.05) is 26.7 Å². The molecule has 0 spiro atoms. The second-order valence-electron chi connectivity index (χ2n) is 5.64. The summed E-state index contributed by atoms with van der Waals surface area (Å²) in [6.45, 7) is 0.0153. The normalized spacial score (nSPS) is 19.6. The molecule has 4 nitrogen and oxygen atoms in total. The van der Waals surface area contributed by atoms with Crippen molar-refractivity contribution in [3.8, 4) is 0 Å². The number of guanidine groups is 1. The van der Waals surface area contributed by atoms with Crippen molar-refractivity contribution >= 4 is 21.9 Å². The zero-order valence-corrected chi connectivity index (χ0v) is 14.7. The Kier molecular flexibility index (Phi) is 6.45. The summed E-state index contributed by atoms with van der Waals surface area (Å²) in [5.74, 6) is 0.0979. The minimum absolute atomic E-state index is 0.117. The minimum atomic E-state index is -4.19. The highest BCUT2D eigenvalue weighted by Crippen LogP contribution is 2.20. The van der Waals surface area contributed by atoms with Gasteiger partial charge in [-0.3, -0.25) is 9.89 Å². The van der Waals surface area contributed by atoms with Gasteiger partial charge in [0.25, 0.3) is 0 Å². The second-order valence-corrected chi connectivity index (χ2v) is 6.56. The smallest absolute Gasteiger partial charge is 0.352 e. The van der Waals surface area contributed by atoms with E-state index in [0.717, 1.165) is 0 Å². The number of alkyl halides is 3. The number of aliphatic imine (C=N–C) groups is 1. The lowest BCUT2D eigenvalue weighted by Crippen LogP contribution is -2.45. The molecule has 134 valence electrons. The van der Waals surface area contributed by atoms with Crippen LogP contribution >= 0.6 is 15.9 Å². The number of rotatable bonds is 4. The molecule has 1 aromatic rings. The molecule has 1 unspecified atom stereocenters. The molecule has 1 aliphatic heterocycles. The zero-order chi connectivity index (χ0) is 17.7. The highest BCUT2D eigenvalue weighted by molar-refractivity contribution is 9.10. The predicted molar refractivity (Wildman–Crippen MR) is 88.3 cm³/mol. The van der Waals surface area contributed by atoms with Crippen LogP contribution in [0.25, 0.3) is 0 Å². The Hall–Kier alpha value is -1.35. The van der Waals surface area contributed by atoms with Crippen molar-refractivity contribution in [3.05, 3.63) is 34.1 Å². The summed E-state index contributed by atoms with van der Waals surface area (Å²) in [5.41, 5.74) is 0.478. The molecule has 0 radical (unpaired) electrons. The minimum Gasteiger partial charge on any atom is -0.352 e. The molecule has 1 atom stereocenters. The first kappa shape index (κ1) is 19.0. The maximum Gasteiger partial charge on any atom is 0.401 e. The highest BCUT2D eigenvalue weighted by atomic mass is 79.9. The first-order valence-corrected chi connectivity index (χ1v) is 8.26. The van der Waals surface area contributed by atoms with Crippen LogP contribution in [0.5, 0.6) is 0 Å². The van der Waals surface area contributed by atoms with Gasteiger partial charge in [-0.05, 0) is 18.6 Å². The molecule has 1 aromatic carbocycles. The Morgan fingerprint density at radius 2 is 2.17 bits per heavy atom. The van der Waals surface area contributed by atoms with Gasteiger partial charge < -0.3 is 10.6 Å². The van der Waals surface area contributed by atoms with Gasteiger partial charge in [0.15, 0.2) is 5.96 Å². The van der Waals surface area contributed by atoms with Crippen molar-refractivity contribution in [2.24, 2.45) is 4.99 Å². The van der Waals surface area contributed by atoms with Gasteiger partial charge in [-0.1, -0.05) is 22.0 Å². The monoisotopic (exact) mass is 410 g/mol. The Labute approximate surface area is 146 Å². The lowest BCUT2D eigenvalue weighted by Gasteiger charge is -2.20. The fraction of sp³-hybridized carbons (Fsp3) is 0.533. The van der Waals surface area contributed by atoms with E-state index < -0.39 is 12.7 Å². The van der Waals surface area contributed by atoms with Gasteiger partial charge >= 0.3 is 6.18 Å². The number of likely N-dealkylation sites (tertiary alicyclic amines) is 1. The third-order valence-corrected chi connectivity index (χ3v) is 4.19. The number of nitrogens with zero attached hydrogens (tertiary/aromatic N) is 2. The molecule has 1 heterocycles. The van der Waals surface area contributed by atoms with Gasteiger partial charge in [-0.15, -0.1) is 0 Å². The van der Waals surface area contributed by atoms with Crippen LogP contribution < -0.4 is 10.6 Å².